The molecule has 1 amide bonds. The molecule has 1 heterocycles. The van der Waals surface area contributed by atoms with Crippen molar-refractivity contribution < 1.29 is 9.53 Å². The summed E-state index contributed by atoms with van der Waals surface area (Å²) >= 11 is 3.41. The second kappa shape index (κ2) is 8.92. The molecule has 6 heteroatoms. The van der Waals surface area contributed by atoms with Gasteiger partial charge in [0.25, 0.3) is 5.91 Å². The SMILES string of the molecule is O=C(NN=Cc1ccccc1OCc1ccc(Br)cc1)c1ccncc1. The van der Waals surface area contributed by atoms with E-state index < -0.39 is 0 Å². The average molecular weight is 410 g/mol. The molecule has 2 aromatic carbocycles. The molecule has 0 bridgehead atoms. The first kappa shape index (κ1) is 17.8. The first-order chi connectivity index (χ1) is 12.7. The minimum Gasteiger partial charge on any atom is -0.488 e. The standard InChI is InChI=1S/C20H16BrN3O2/c21-18-7-5-15(6-8-18)14-26-19-4-2-1-3-17(19)13-23-24-20(25)16-9-11-22-12-10-16/h1-13H,14H2,(H,24,25). The van der Waals surface area contributed by atoms with E-state index in [9.17, 15) is 4.79 Å². The molecule has 26 heavy (non-hydrogen) atoms. The number of amides is 1. The van der Waals surface area contributed by atoms with Crippen LogP contribution >= 0.6 is 15.9 Å². The lowest BCUT2D eigenvalue weighted by molar-refractivity contribution is 0.0955. The summed E-state index contributed by atoms with van der Waals surface area (Å²) < 4.78 is 6.90. The first-order valence-corrected chi connectivity index (χ1v) is 8.71. The molecule has 0 aliphatic carbocycles. The summed E-state index contributed by atoms with van der Waals surface area (Å²) in [6.45, 7) is 0.446. The van der Waals surface area contributed by atoms with Crippen molar-refractivity contribution in [2.24, 2.45) is 5.10 Å². The van der Waals surface area contributed by atoms with Crippen LogP contribution in [0.1, 0.15) is 21.5 Å². The van der Waals surface area contributed by atoms with Crippen LogP contribution < -0.4 is 10.2 Å². The molecule has 130 valence electrons. The maximum absolute atomic E-state index is 12.0. The predicted molar refractivity (Wildman–Crippen MR) is 104 cm³/mol. The van der Waals surface area contributed by atoms with Gasteiger partial charge in [0.15, 0.2) is 0 Å². The zero-order valence-electron chi connectivity index (χ0n) is 13.8. The van der Waals surface area contributed by atoms with Gasteiger partial charge in [0.1, 0.15) is 12.4 Å². The monoisotopic (exact) mass is 409 g/mol. The summed E-state index contributed by atoms with van der Waals surface area (Å²) in [5.41, 5.74) is 4.83. The molecule has 5 nitrogen and oxygen atoms in total. The lowest BCUT2D eigenvalue weighted by atomic mass is 10.2. The van der Waals surface area contributed by atoms with Gasteiger partial charge < -0.3 is 4.74 Å². The highest BCUT2D eigenvalue weighted by molar-refractivity contribution is 9.10. The number of hydrazone groups is 1. The minimum atomic E-state index is -0.295. The Kier molecular flexibility index (Phi) is 6.11. The Labute approximate surface area is 159 Å². The molecular formula is C20H16BrN3O2. The fraction of sp³-hybridized carbons (Fsp3) is 0.0500. The summed E-state index contributed by atoms with van der Waals surface area (Å²) in [6.07, 6.45) is 4.68. The van der Waals surface area contributed by atoms with Gasteiger partial charge in [0.05, 0.1) is 6.21 Å². The summed E-state index contributed by atoms with van der Waals surface area (Å²) in [5, 5.41) is 4.01. The molecule has 0 radical (unpaired) electrons. The summed E-state index contributed by atoms with van der Waals surface area (Å²) in [4.78, 5) is 15.9. The number of halogens is 1. The van der Waals surface area contributed by atoms with Gasteiger partial charge in [0, 0.05) is 28.0 Å². The Bertz CT molecular complexity index is 896. The third-order valence-corrected chi connectivity index (χ3v) is 4.07. The lowest BCUT2D eigenvalue weighted by Crippen LogP contribution is -2.17. The number of hydrogen-bond acceptors (Lipinski definition) is 4. The number of carbonyl (C=O) groups is 1. The highest BCUT2D eigenvalue weighted by Gasteiger charge is 2.04. The van der Waals surface area contributed by atoms with Crippen LogP contribution in [0.5, 0.6) is 5.75 Å². The Morgan fingerprint density at radius 1 is 1.08 bits per heavy atom. The molecule has 0 unspecified atom stereocenters. The van der Waals surface area contributed by atoms with Crippen LogP contribution in [-0.4, -0.2) is 17.1 Å². The van der Waals surface area contributed by atoms with Crippen molar-refractivity contribution in [3.8, 4) is 5.75 Å². The molecule has 0 saturated carbocycles. The van der Waals surface area contributed by atoms with E-state index in [4.69, 9.17) is 4.74 Å². The zero-order chi connectivity index (χ0) is 18.2. The maximum Gasteiger partial charge on any atom is 0.271 e. The van der Waals surface area contributed by atoms with Crippen molar-refractivity contribution in [1.82, 2.24) is 10.4 Å². The topological polar surface area (TPSA) is 63.6 Å². The van der Waals surface area contributed by atoms with Crippen molar-refractivity contribution in [3.63, 3.8) is 0 Å². The zero-order valence-corrected chi connectivity index (χ0v) is 15.4. The van der Waals surface area contributed by atoms with Gasteiger partial charge in [-0.3, -0.25) is 9.78 Å². The minimum absolute atomic E-state index is 0.295. The second-order valence-corrected chi connectivity index (χ2v) is 6.30. The second-order valence-electron chi connectivity index (χ2n) is 5.39. The lowest BCUT2D eigenvalue weighted by Gasteiger charge is -2.09. The van der Waals surface area contributed by atoms with Crippen LogP contribution in [0.3, 0.4) is 0 Å². The molecule has 3 aromatic rings. The number of nitrogens with one attached hydrogen (secondary N) is 1. The summed E-state index contributed by atoms with van der Waals surface area (Å²) in [7, 11) is 0. The number of para-hydroxylation sites is 1. The van der Waals surface area contributed by atoms with E-state index in [0.29, 0.717) is 17.9 Å². The predicted octanol–water partition coefficient (Wildman–Crippen LogP) is 4.19. The molecule has 1 aromatic heterocycles. The third kappa shape index (κ3) is 5.00. The average Bonchev–Trinajstić information content (AvgIpc) is 2.69. The van der Waals surface area contributed by atoms with E-state index in [1.165, 1.54) is 0 Å². The van der Waals surface area contributed by atoms with Crippen LogP contribution in [0.25, 0.3) is 0 Å². The molecule has 0 aliphatic rings. The normalized spacial score (nSPS) is 10.7. The van der Waals surface area contributed by atoms with E-state index in [1.54, 1.807) is 30.7 Å². The van der Waals surface area contributed by atoms with Crippen LogP contribution in [0.4, 0.5) is 0 Å². The van der Waals surface area contributed by atoms with Gasteiger partial charge in [-0.2, -0.15) is 5.10 Å². The van der Waals surface area contributed by atoms with Crippen molar-refractivity contribution in [1.29, 1.82) is 0 Å². The highest BCUT2D eigenvalue weighted by Crippen LogP contribution is 2.18. The maximum atomic E-state index is 12.0. The van der Waals surface area contributed by atoms with Gasteiger partial charge in [0.2, 0.25) is 0 Å². The van der Waals surface area contributed by atoms with E-state index in [2.05, 4.69) is 31.4 Å². The van der Waals surface area contributed by atoms with Crippen LogP contribution in [0.15, 0.2) is 82.6 Å². The van der Waals surface area contributed by atoms with Gasteiger partial charge >= 0.3 is 0 Å². The summed E-state index contributed by atoms with van der Waals surface area (Å²) in [5.74, 6) is 0.397. The number of pyridine rings is 1. The number of benzene rings is 2. The van der Waals surface area contributed by atoms with Crippen LogP contribution in [0, 0.1) is 0 Å². The smallest absolute Gasteiger partial charge is 0.271 e. The number of hydrogen-bond donors (Lipinski definition) is 1. The molecular weight excluding hydrogens is 394 g/mol. The van der Waals surface area contributed by atoms with Crippen molar-refractivity contribution in [2.45, 2.75) is 6.61 Å². The van der Waals surface area contributed by atoms with E-state index in [0.717, 1.165) is 15.6 Å². The Morgan fingerprint density at radius 2 is 1.81 bits per heavy atom. The van der Waals surface area contributed by atoms with E-state index in [-0.39, 0.29) is 5.91 Å². The fourth-order valence-electron chi connectivity index (χ4n) is 2.19. The first-order valence-electron chi connectivity index (χ1n) is 7.92. The molecule has 0 saturated heterocycles. The molecule has 0 fully saturated rings. The van der Waals surface area contributed by atoms with Crippen molar-refractivity contribution >= 4 is 28.1 Å². The van der Waals surface area contributed by atoms with E-state index >= 15 is 0 Å². The quantitative estimate of drug-likeness (QED) is 0.490. The number of ether oxygens (including phenoxy) is 1. The van der Waals surface area contributed by atoms with Gasteiger partial charge in [-0.15, -0.1) is 0 Å². The van der Waals surface area contributed by atoms with Gasteiger partial charge in [-0.1, -0.05) is 40.2 Å². The van der Waals surface area contributed by atoms with E-state index in [1.807, 2.05) is 48.5 Å². The number of nitrogens with zero attached hydrogens (tertiary/aromatic N) is 2. The molecule has 0 aliphatic heterocycles. The van der Waals surface area contributed by atoms with Gasteiger partial charge in [-0.05, 0) is 42.0 Å². The van der Waals surface area contributed by atoms with Crippen molar-refractivity contribution in [3.05, 3.63) is 94.2 Å². The Hall–Kier alpha value is -2.99. The largest absolute Gasteiger partial charge is 0.488 e. The Morgan fingerprint density at radius 3 is 2.58 bits per heavy atom. The Balaban J connectivity index is 1.63. The highest BCUT2D eigenvalue weighted by atomic mass is 79.9. The third-order valence-electron chi connectivity index (χ3n) is 3.54. The molecule has 1 N–H and O–H groups in total. The fourth-order valence-corrected chi connectivity index (χ4v) is 2.45. The van der Waals surface area contributed by atoms with Crippen molar-refractivity contribution in [2.75, 3.05) is 0 Å². The molecule has 0 atom stereocenters. The number of aromatic nitrogens is 1. The number of carbonyl (C=O) groups excluding carboxylic acids is 1. The van der Waals surface area contributed by atoms with Crippen LogP contribution in [0.2, 0.25) is 0 Å². The van der Waals surface area contributed by atoms with Crippen LogP contribution in [-0.2, 0) is 6.61 Å². The molecule has 3 rings (SSSR count). The number of rotatable bonds is 6. The molecule has 0 spiro atoms. The summed E-state index contributed by atoms with van der Waals surface area (Å²) in [6, 6.07) is 18.7. The van der Waals surface area contributed by atoms with Gasteiger partial charge in [-0.25, -0.2) is 5.43 Å².